The van der Waals surface area contributed by atoms with E-state index in [0.29, 0.717) is 5.75 Å². The van der Waals surface area contributed by atoms with Gasteiger partial charge in [0.15, 0.2) is 0 Å². The van der Waals surface area contributed by atoms with Gasteiger partial charge in [-0.3, -0.25) is 0 Å². The Bertz CT molecular complexity index is 615. The highest BCUT2D eigenvalue weighted by atomic mass is 79.9. The van der Waals surface area contributed by atoms with Crippen molar-refractivity contribution in [1.82, 2.24) is 0 Å². The number of rotatable bonds is 4. The molecule has 20 heavy (non-hydrogen) atoms. The monoisotopic (exact) mass is 399 g/mol. The first-order valence-corrected chi connectivity index (χ1v) is 7.67. The number of halogens is 2. The van der Waals surface area contributed by atoms with Gasteiger partial charge in [-0.15, -0.1) is 0 Å². The van der Waals surface area contributed by atoms with Gasteiger partial charge in [0.1, 0.15) is 17.2 Å². The molecule has 2 aromatic rings. The minimum atomic E-state index is -0.185. The largest absolute Gasteiger partial charge is 0.496 e. The minimum absolute atomic E-state index is 0.185. The van der Waals surface area contributed by atoms with Gasteiger partial charge in [-0.1, -0.05) is 22.0 Å². The zero-order chi connectivity index (χ0) is 14.7. The molecule has 0 saturated carbocycles. The molecule has 0 aliphatic heterocycles. The Hall–Kier alpha value is -1.04. The second-order valence-corrected chi connectivity index (χ2v) is 6.11. The fraction of sp³-hybridized carbons (Fsp3) is 0.200. The average molecular weight is 401 g/mol. The molecule has 2 aromatic carbocycles. The third-order valence-corrected chi connectivity index (χ3v) is 3.93. The van der Waals surface area contributed by atoms with Crippen molar-refractivity contribution in [2.24, 2.45) is 5.73 Å². The molecule has 2 N–H and O–H groups in total. The molecule has 0 heterocycles. The fourth-order valence-electron chi connectivity index (χ4n) is 1.92. The van der Waals surface area contributed by atoms with E-state index in [4.69, 9.17) is 15.2 Å². The zero-order valence-corrected chi connectivity index (χ0v) is 14.4. The summed E-state index contributed by atoms with van der Waals surface area (Å²) in [6.07, 6.45) is 0. The van der Waals surface area contributed by atoms with E-state index in [9.17, 15) is 0 Å². The summed E-state index contributed by atoms with van der Waals surface area (Å²) in [6, 6.07) is 11.2. The molecule has 0 fully saturated rings. The molecule has 0 saturated heterocycles. The molecule has 0 bridgehead atoms. The third kappa shape index (κ3) is 3.34. The third-order valence-electron chi connectivity index (χ3n) is 2.82. The van der Waals surface area contributed by atoms with Crippen LogP contribution in [-0.4, -0.2) is 7.11 Å². The SMILES string of the molecule is COc1cccc(Oc2ccc(Br)cc2Br)c1[C@@H](C)N. The van der Waals surface area contributed by atoms with Crippen molar-refractivity contribution in [3.8, 4) is 17.2 Å². The lowest BCUT2D eigenvalue weighted by atomic mass is 10.1. The van der Waals surface area contributed by atoms with Crippen LogP contribution >= 0.6 is 31.9 Å². The van der Waals surface area contributed by atoms with E-state index >= 15 is 0 Å². The number of benzene rings is 2. The number of methoxy groups -OCH3 is 1. The number of hydrogen-bond acceptors (Lipinski definition) is 3. The molecule has 0 spiro atoms. The number of ether oxygens (including phenoxy) is 2. The fourth-order valence-corrected chi connectivity index (χ4v) is 3.04. The van der Waals surface area contributed by atoms with Gasteiger partial charge in [-0.25, -0.2) is 0 Å². The van der Waals surface area contributed by atoms with Crippen LogP contribution in [0.1, 0.15) is 18.5 Å². The maximum absolute atomic E-state index is 6.03. The summed E-state index contributed by atoms with van der Waals surface area (Å²) >= 11 is 6.90. The van der Waals surface area contributed by atoms with Crippen LogP contribution in [0, 0.1) is 0 Å². The number of nitrogens with two attached hydrogens (primary N) is 1. The molecule has 5 heteroatoms. The van der Waals surface area contributed by atoms with Crippen LogP contribution < -0.4 is 15.2 Å². The topological polar surface area (TPSA) is 44.5 Å². The van der Waals surface area contributed by atoms with Gasteiger partial charge in [0, 0.05) is 10.5 Å². The minimum Gasteiger partial charge on any atom is -0.496 e. The van der Waals surface area contributed by atoms with Crippen molar-refractivity contribution >= 4 is 31.9 Å². The maximum atomic E-state index is 6.03. The van der Waals surface area contributed by atoms with E-state index in [1.807, 2.05) is 43.3 Å². The highest BCUT2D eigenvalue weighted by molar-refractivity contribution is 9.11. The first-order valence-electron chi connectivity index (χ1n) is 6.08. The lowest BCUT2D eigenvalue weighted by Crippen LogP contribution is -2.08. The molecule has 106 valence electrons. The Morgan fingerprint density at radius 3 is 2.35 bits per heavy atom. The number of hydrogen-bond donors (Lipinski definition) is 1. The van der Waals surface area contributed by atoms with E-state index in [-0.39, 0.29) is 6.04 Å². The Morgan fingerprint density at radius 1 is 1.05 bits per heavy atom. The van der Waals surface area contributed by atoms with Gasteiger partial charge >= 0.3 is 0 Å². The van der Waals surface area contributed by atoms with Crippen LogP contribution in [0.5, 0.6) is 17.2 Å². The van der Waals surface area contributed by atoms with Crippen molar-refractivity contribution in [1.29, 1.82) is 0 Å². The molecular formula is C15H15Br2NO2. The molecule has 0 amide bonds. The molecule has 3 nitrogen and oxygen atoms in total. The van der Waals surface area contributed by atoms with Crippen molar-refractivity contribution in [3.63, 3.8) is 0 Å². The summed E-state index contributed by atoms with van der Waals surface area (Å²) in [7, 11) is 1.63. The smallest absolute Gasteiger partial charge is 0.141 e. The van der Waals surface area contributed by atoms with Crippen molar-refractivity contribution in [3.05, 3.63) is 50.9 Å². The van der Waals surface area contributed by atoms with Gasteiger partial charge in [0.05, 0.1) is 17.1 Å². The van der Waals surface area contributed by atoms with Crippen LogP contribution in [0.2, 0.25) is 0 Å². The van der Waals surface area contributed by atoms with Gasteiger partial charge in [0.25, 0.3) is 0 Å². The van der Waals surface area contributed by atoms with E-state index in [2.05, 4.69) is 31.9 Å². The predicted molar refractivity (Wildman–Crippen MR) is 87.5 cm³/mol. The van der Waals surface area contributed by atoms with Crippen LogP contribution in [0.15, 0.2) is 45.3 Å². The second kappa shape index (κ2) is 6.61. The molecule has 0 aliphatic rings. The Morgan fingerprint density at radius 2 is 1.75 bits per heavy atom. The molecule has 1 atom stereocenters. The summed E-state index contributed by atoms with van der Waals surface area (Å²) in [4.78, 5) is 0. The van der Waals surface area contributed by atoms with E-state index in [0.717, 1.165) is 26.0 Å². The lowest BCUT2D eigenvalue weighted by Gasteiger charge is -2.17. The molecule has 0 aromatic heterocycles. The molecule has 0 radical (unpaired) electrons. The van der Waals surface area contributed by atoms with E-state index in [1.165, 1.54) is 0 Å². The quantitative estimate of drug-likeness (QED) is 0.782. The highest BCUT2D eigenvalue weighted by Crippen LogP contribution is 2.38. The first kappa shape index (κ1) is 15.4. The summed E-state index contributed by atoms with van der Waals surface area (Å²) in [6.45, 7) is 1.90. The van der Waals surface area contributed by atoms with Crippen molar-refractivity contribution in [2.75, 3.05) is 7.11 Å². The Kier molecular flexibility index (Phi) is 5.07. The zero-order valence-electron chi connectivity index (χ0n) is 11.2. The van der Waals surface area contributed by atoms with Crippen molar-refractivity contribution in [2.45, 2.75) is 13.0 Å². The standard InChI is InChI=1S/C15H15Br2NO2/c1-9(18)15-13(19-2)4-3-5-14(15)20-12-7-6-10(16)8-11(12)17/h3-9H,18H2,1-2H3/t9-/m1/s1. The van der Waals surface area contributed by atoms with Crippen molar-refractivity contribution < 1.29 is 9.47 Å². The lowest BCUT2D eigenvalue weighted by molar-refractivity contribution is 0.397. The Labute approximate surface area is 135 Å². The maximum Gasteiger partial charge on any atom is 0.141 e. The molecular weight excluding hydrogens is 386 g/mol. The summed E-state index contributed by atoms with van der Waals surface area (Å²) in [5.74, 6) is 2.15. The first-order chi connectivity index (χ1) is 9.52. The van der Waals surface area contributed by atoms with Crippen LogP contribution in [-0.2, 0) is 0 Å². The van der Waals surface area contributed by atoms with E-state index < -0.39 is 0 Å². The van der Waals surface area contributed by atoms with Crippen LogP contribution in [0.4, 0.5) is 0 Å². The summed E-state index contributed by atoms with van der Waals surface area (Å²) in [5, 5.41) is 0. The van der Waals surface area contributed by atoms with Crippen LogP contribution in [0.25, 0.3) is 0 Å². The van der Waals surface area contributed by atoms with Gasteiger partial charge in [-0.2, -0.15) is 0 Å². The molecule has 2 rings (SSSR count). The average Bonchev–Trinajstić information content (AvgIpc) is 2.41. The molecule has 0 unspecified atom stereocenters. The van der Waals surface area contributed by atoms with Gasteiger partial charge < -0.3 is 15.2 Å². The van der Waals surface area contributed by atoms with E-state index in [1.54, 1.807) is 7.11 Å². The highest BCUT2D eigenvalue weighted by Gasteiger charge is 2.15. The predicted octanol–water partition coefficient (Wildman–Crippen LogP) is 5.03. The van der Waals surface area contributed by atoms with Gasteiger partial charge in [-0.05, 0) is 53.2 Å². The summed E-state index contributed by atoms with van der Waals surface area (Å²) < 4.78 is 13.2. The van der Waals surface area contributed by atoms with Gasteiger partial charge in [0.2, 0.25) is 0 Å². The Balaban J connectivity index is 2.43. The molecule has 0 aliphatic carbocycles. The van der Waals surface area contributed by atoms with Crippen LogP contribution in [0.3, 0.4) is 0 Å². The summed E-state index contributed by atoms with van der Waals surface area (Å²) in [5.41, 5.74) is 6.88. The normalized spacial score (nSPS) is 12.1. The second-order valence-electron chi connectivity index (χ2n) is 4.34.